The van der Waals surface area contributed by atoms with Crippen LogP contribution in [0.1, 0.15) is 24.4 Å². The first kappa shape index (κ1) is 13.4. The van der Waals surface area contributed by atoms with Crippen LogP contribution in [0.5, 0.6) is 11.5 Å². The number of hydrogen-bond acceptors (Lipinski definition) is 4. The van der Waals surface area contributed by atoms with Gasteiger partial charge < -0.3 is 19.1 Å². The molecule has 0 radical (unpaired) electrons. The standard InChI is InChI=1S/C14H18N2O3/c1-4-19-11-6-5-10(9-12(11)18-3)13(17)14-15-7-8-16(14)2/h5-9,13,17H,4H2,1-3H3/t13-/m0/s1. The van der Waals surface area contributed by atoms with Gasteiger partial charge in [-0.25, -0.2) is 4.98 Å². The zero-order valence-electron chi connectivity index (χ0n) is 11.3. The molecule has 0 aliphatic heterocycles. The van der Waals surface area contributed by atoms with Crippen molar-refractivity contribution in [3.05, 3.63) is 42.0 Å². The van der Waals surface area contributed by atoms with E-state index in [4.69, 9.17) is 9.47 Å². The number of imidazole rings is 1. The Balaban J connectivity index is 2.33. The van der Waals surface area contributed by atoms with Gasteiger partial charge in [0.1, 0.15) is 11.9 Å². The molecule has 1 aromatic carbocycles. The Morgan fingerprint density at radius 3 is 2.74 bits per heavy atom. The maximum Gasteiger partial charge on any atom is 0.161 e. The molecular formula is C14H18N2O3. The van der Waals surface area contributed by atoms with E-state index < -0.39 is 6.10 Å². The lowest BCUT2D eigenvalue weighted by Gasteiger charge is -2.14. The Labute approximate surface area is 112 Å². The average Bonchev–Trinajstić information content (AvgIpc) is 2.85. The summed E-state index contributed by atoms with van der Waals surface area (Å²) >= 11 is 0. The first-order valence-electron chi connectivity index (χ1n) is 6.13. The monoisotopic (exact) mass is 262 g/mol. The van der Waals surface area contributed by atoms with Crippen LogP contribution in [-0.2, 0) is 7.05 Å². The summed E-state index contributed by atoms with van der Waals surface area (Å²) in [6.45, 7) is 2.48. The molecule has 102 valence electrons. The third-order valence-corrected chi connectivity index (χ3v) is 2.91. The zero-order valence-corrected chi connectivity index (χ0v) is 11.3. The van der Waals surface area contributed by atoms with Gasteiger partial charge in [0.05, 0.1) is 13.7 Å². The smallest absolute Gasteiger partial charge is 0.161 e. The van der Waals surface area contributed by atoms with Crippen LogP contribution in [0.25, 0.3) is 0 Å². The van der Waals surface area contributed by atoms with Gasteiger partial charge in [-0.05, 0) is 24.6 Å². The molecule has 0 fully saturated rings. The fourth-order valence-electron chi connectivity index (χ4n) is 1.92. The molecule has 0 bridgehead atoms. The Bertz CT molecular complexity index is 551. The molecule has 19 heavy (non-hydrogen) atoms. The predicted octanol–water partition coefficient (Wildman–Crippen LogP) is 1.91. The lowest BCUT2D eigenvalue weighted by atomic mass is 10.1. The minimum atomic E-state index is -0.787. The van der Waals surface area contributed by atoms with Gasteiger partial charge >= 0.3 is 0 Å². The first-order valence-corrected chi connectivity index (χ1v) is 6.13. The van der Waals surface area contributed by atoms with Crippen LogP contribution in [0, 0.1) is 0 Å². The van der Waals surface area contributed by atoms with Gasteiger partial charge in [0.15, 0.2) is 11.5 Å². The second-order valence-corrected chi connectivity index (χ2v) is 4.14. The van der Waals surface area contributed by atoms with Crippen molar-refractivity contribution >= 4 is 0 Å². The van der Waals surface area contributed by atoms with Crippen molar-refractivity contribution in [3.63, 3.8) is 0 Å². The fourth-order valence-corrected chi connectivity index (χ4v) is 1.92. The van der Waals surface area contributed by atoms with Gasteiger partial charge in [-0.2, -0.15) is 0 Å². The number of ether oxygens (including phenoxy) is 2. The van der Waals surface area contributed by atoms with E-state index in [0.717, 1.165) is 5.56 Å². The SMILES string of the molecule is CCOc1ccc([C@H](O)c2nccn2C)cc1OC. The summed E-state index contributed by atoms with van der Waals surface area (Å²) in [5.41, 5.74) is 0.717. The number of methoxy groups -OCH3 is 1. The molecule has 0 saturated heterocycles. The fraction of sp³-hybridized carbons (Fsp3) is 0.357. The van der Waals surface area contributed by atoms with E-state index in [9.17, 15) is 5.11 Å². The Hall–Kier alpha value is -2.01. The second kappa shape index (κ2) is 5.75. The van der Waals surface area contributed by atoms with E-state index in [-0.39, 0.29) is 0 Å². The van der Waals surface area contributed by atoms with Gasteiger partial charge in [-0.15, -0.1) is 0 Å². The highest BCUT2D eigenvalue weighted by Gasteiger charge is 2.17. The molecule has 2 aromatic rings. The molecule has 2 rings (SSSR count). The number of nitrogens with zero attached hydrogens (tertiary/aromatic N) is 2. The zero-order chi connectivity index (χ0) is 13.8. The lowest BCUT2D eigenvalue weighted by molar-refractivity contribution is 0.205. The van der Waals surface area contributed by atoms with Crippen molar-refractivity contribution in [2.75, 3.05) is 13.7 Å². The maximum atomic E-state index is 10.3. The molecule has 1 heterocycles. The molecular weight excluding hydrogens is 244 g/mol. The molecule has 1 aromatic heterocycles. The summed E-state index contributed by atoms with van der Waals surface area (Å²) in [6.07, 6.45) is 2.67. The van der Waals surface area contributed by atoms with Crippen molar-refractivity contribution < 1.29 is 14.6 Å². The average molecular weight is 262 g/mol. The molecule has 0 saturated carbocycles. The molecule has 5 heteroatoms. The van der Waals surface area contributed by atoms with E-state index in [1.165, 1.54) is 0 Å². The normalized spacial score (nSPS) is 12.2. The van der Waals surface area contributed by atoms with Crippen LogP contribution >= 0.6 is 0 Å². The summed E-state index contributed by atoms with van der Waals surface area (Å²) in [4.78, 5) is 4.15. The minimum Gasteiger partial charge on any atom is -0.493 e. The van der Waals surface area contributed by atoms with Crippen molar-refractivity contribution in [1.29, 1.82) is 0 Å². The van der Waals surface area contributed by atoms with Crippen LogP contribution in [0.2, 0.25) is 0 Å². The largest absolute Gasteiger partial charge is 0.493 e. The first-order chi connectivity index (χ1) is 9.17. The number of aryl methyl sites for hydroxylation is 1. The molecule has 5 nitrogen and oxygen atoms in total. The highest BCUT2D eigenvalue weighted by molar-refractivity contribution is 5.44. The van der Waals surface area contributed by atoms with Crippen molar-refractivity contribution in [2.45, 2.75) is 13.0 Å². The number of aromatic nitrogens is 2. The van der Waals surface area contributed by atoms with Gasteiger partial charge in [-0.3, -0.25) is 0 Å². The summed E-state index contributed by atoms with van der Waals surface area (Å²) in [5, 5.41) is 10.3. The van der Waals surface area contributed by atoms with Gasteiger partial charge in [0.25, 0.3) is 0 Å². The topological polar surface area (TPSA) is 56.5 Å². The van der Waals surface area contributed by atoms with E-state index >= 15 is 0 Å². The molecule has 0 amide bonds. The summed E-state index contributed by atoms with van der Waals surface area (Å²) in [6, 6.07) is 5.38. The van der Waals surface area contributed by atoms with Crippen LogP contribution < -0.4 is 9.47 Å². The predicted molar refractivity (Wildman–Crippen MR) is 71.4 cm³/mol. The highest BCUT2D eigenvalue weighted by atomic mass is 16.5. The molecule has 1 atom stereocenters. The quantitative estimate of drug-likeness (QED) is 0.894. The molecule has 1 N–H and O–H groups in total. The van der Waals surface area contributed by atoms with Crippen LogP contribution in [-0.4, -0.2) is 28.4 Å². The molecule has 0 unspecified atom stereocenters. The van der Waals surface area contributed by atoms with Gasteiger partial charge in [0.2, 0.25) is 0 Å². The number of rotatable bonds is 5. The van der Waals surface area contributed by atoms with Crippen molar-refractivity contribution in [1.82, 2.24) is 9.55 Å². The third kappa shape index (κ3) is 2.71. The van der Waals surface area contributed by atoms with E-state index in [1.807, 2.05) is 20.0 Å². The Kier molecular flexibility index (Phi) is 4.06. The van der Waals surface area contributed by atoms with Gasteiger partial charge in [0, 0.05) is 19.4 Å². The van der Waals surface area contributed by atoms with Gasteiger partial charge in [-0.1, -0.05) is 6.07 Å². The number of hydrogen-bond donors (Lipinski definition) is 1. The summed E-state index contributed by atoms with van der Waals surface area (Å²) in [5.74, 6) is 1.86. The van der Waals surface area contributed by atoms with Crippen molar-refractivity contribution in [2.24, 2.45) is 7.05 Å². The lowest BCUT2D eigenvalue weighted by Crippen LogP contribution is -2.07. The number of aliphatic hydroxyl groups is 1. The maximum absolute atomic E-state index is 10.3. The third-order valence-electron chi connectivity index (χ3n) is 2.91. The molecule has 0 spiro atoms. The Morgan fingerprint density at radius 2 is 2.16 bits per heavy atom. The summed E-state index contributed by atoms with van der Waals surface area (Å²) in [7, 11) is 3.42. The van der Waals surface area contributed by atoms with Crippen molar-refractivity contribution in [3.8, 4) is 11.5 Å². The van der Waals surface area contributed by atoms with Crippen LogP contribution in [0.15, 0.2) is 30.6 Å². The minimum absolute atomic E-state index is 0.567. The molecule has 0 aliphatic carbocycles. The van der Waals surface area contributed by atoms with Crippen LogP contribution in [0.3, 0.4) is 0 Å². The van der Waals surface area contributed by atoms with E-state index in [2.05, 4.69) is 4.98 Å². The van der Waals surface area contributed by atoms with Crippen LogP contribution in [0.4, 0.5) is 0 Å². The number of aliphatic hydroxyl groups excluding tert-OH is 1. The van der Waals surface area contributed by atoms with E-state index in [0.29, 0.717) is 23.9 Å². The highest BCUT2D eigenvalue weighted by Crippen LogP contribution is 2.31. The molecule has 0 aliphatic rings. The number of benzene rings is 1. The second-order valence-electron chi connectivity index (χ2n) is 4.14. The summed E-state index contributed by atoms with van der Waals surface area (Å²) < 4.78 is 12.5. The van der Waals surface area contributed by atoms with E-state index in [1.54, 1.807) is 36.2 Å². The Morgan fingerprint density at radius 1 is 1.37 bits per heavy atom.